The number of amides is 4. The van der Waals surface area contributed by atoms with Crippen LogP contribution in [0.25, 0.3) is 34.3 Å². The van der Waals surface area contributed by atoms with E-state index in [9.17, 15) is 14.4 Å². The minimum atomic E-state index is -0.796. The van der Waals surface area contributed by atoms with Crippen LogP contribution in [0.2, 0.25) is 5.02 Å². The van der Waals surface area contributed by atoms with E-state index in [2.05, 4.69) is 9.88 Å². The second-order valence-corrected chi connectivity index (χ2v) is 9.60. The highest BCUT2D eigenvalue weighted by molar-refractivity contribution is 6.31. The van der Waals surface area contributed by atoms with E-state index in [0.717, 1.165) is 33.1 Å². The third kappa shape index (κ3) is 4.74. The number of halogens is 1. The standard InChI is InChI=1S/C32H22ClN3O4/c33-24-13-15-25(16-14-24)36-28(21-8-3-1-4-9-21)19-23(29(36)22-10-5-2-6-11-22)18-27-30(37)34-32(39)35(31(27)38)20-26-12-7-17-40-26/h1-19H,20H2,(H,34,37,39)/b27-18-. The number of urea groups is 1. The van der Waals surface area contributed by atoms with Crippen molar-refractivity contribution in [3.05, 3.63) is 131 Å². The maximum absolute atomic E-state index is 13.5. The Morgan fingerprint density at radius 1 is 0.800 bits per heavy atom. The normalized spacial score (nSPS) is 14.6. The lowest BCUT2D eigenvalue weighted by Gasteiger charge is -2.25. The largest absolute Gasteiger partial charge is 0.467 e. The van der Waals surface area contributed by atoms with Crippen LogP contribution in [0.4, 0.5) is 4.79 Å². The number of furan rings is 1. The Kier molecular flexibility index (Phi) is 6.64. The molecule has 1 saturated heterocycles. The second-order valence-electron chi connectivity index (χ2n) is 9.17. The first-order chi connectivity index (χ1) is 19.5. The molecule has 5 aromatic rings. The summed E-state index contributed by atoms with van der Waals surface area (Å²) >= 11 is 6.22. The molecule has 40 heavy (non-hydrogen) atoms. The number of hydrogen-bond donors (Lipinski definition) is 1. The van der Waals surface area contributed by atoms with Crippen LogP contribution in [0.5, 0.6) is 0 Å². The summed E-state index contributed by atoms with van der Waals surface area (Å²) in [6, 6.07) is 31.5. The van der Waals surface area contributed by atoms with Crippen molar-refractivity contribution in [1.29, 1.82) is 0 Å². The van der Waals surface area contributed by atoms with Gasteiger partial charge in [0, 0.05) is 16.3 Å². The van der Waals surface area contributed by atoms with Gasteiger partial charge >= 0.3 is 6.03 Å². The van der Waals surface area contributed by atoms with Gasteiger partial charge in [-0.05, 0) is 59.7 Å². The highest BCUT2D eigenvalue weighted by atomic mass is 35.5. The first-order valence-electron chi connectivity index (χ1n) is 12.5. The zero-order valence-corrected chi connectivity index (χ0v) is 21.8. The van der Waals surface area contributed by atoms with E-state index >= 15 is 0 Å². The van der Waals surface area contributed by atoms with Crippen LogP contribution in [0.15, 0.2) is 119 Å². The highest BCUT2D eigenvalue weighted by Gasteiger charge is 2.36. The van der Waals surface area contributed by atoms with Gasteiger partial charge in [-0.25, -0.2) is 4.79 Å². The molecule has 0 atom stereocenters. The van der Waals surface area contributed by atoms with Crippen molar-refractivity contribution in [2.24, 2.45) is 0 Å². The molecule has 7 nitrogen and oxygen atoms in total. The van der Waals surface area contributed by atoms with E-state index in [1.807, 2.05) is 91.0 Å². The van der Waals surface area contributed by atoms with Crippen molar-refractivity contribution in [3.63, 3.8) is 0 Å². The van der Waals surface area contributed by atoms with E-state index in [4.69, 9.17) is 16.0 Å². The van der Waals surface area contributed by atoms with Gasteiger partial charge in [0.25, 0.3) is 11.8 Å². The van der Waals surface area contributed by atoms with Gasteiger partial charge in [-0.3, -0.25) is 19.8 Å². The summed E-state index contributed by atoms with van der Waals surface area (Å²) in [5.41, 5.74) is 4.75. The molecule has 2 aromatic heterocycles. The molecule has 3 aromatic carbocycles. The summed E-state index contributed by atoms with van der Waals surface area (Å²) in [4.78, 5) is 40.0. The summed E-state index contributed by atoms with van der Waals surface area (Å²) in [6.07, 6.45) is 3.00. The predicted molar refractivity (Wildman–Crippen MR) is 152 cm³/mol. The first kappa shape index (κ1) is 25.2. The Labute approximate surface area is 234 Å². The van der Waals surface area contributed by atoms with Gasteiger partial charge in [0.05, 0.1) is 24.2 Å². The summed E-state index contributed by atoms with van der Waals surface area (Å²) in [6.45, 7) is -0.102. The molecule has 6 rings (SSSR count). The molecule has 196 valence electrons. The van der Waals surface area contributed by atoms with Crippen LogP contribution in [0.1, 0.15) is 11.3 Å². The average molecular weight is 548 g/mol. The number of barbiturate groups is 1. The highest BCUT2D eigenvalue weighted by Crippen LogP contribution is 2.37. The Morgan fingerprint density at radius 3 is 2.12 bits per heavy atom. The van der Waals surface area contributed by atoms with Crippen molar-refractivity contribution in [2.75, 3.05) is 0 Å². The number of rotatable bonds is 6. The fourth-order valence-electron chi connectivity index (χ4n) is 4.76. The predicted octanol–water partition coefficient (Wildman–Crippen LogP) is 6.72. The van der Waals surface area contributed by atoms with Crippen molar-refractivity contribution in [2.45, 2.75) is 6.54 Å². The van der Waals surface area contributed by atoms with Crippen LogP contribution >= 0.6 is 11.6 Å². The van der Waals surface area contributed by atoms with Crippen molar-refractivity contribution in [3.8, 4) is 28.2 Å². The van der Waals surface area contributed by atoms with E-state index in [1.54, 1.807) is 18.2 Å². The maximum atomic E-state index is 13.5. The molecule has 0 bridgehead atoms. The zero-order chi connectivity index (χ0) is 27.6. The van der Waals surface area contributed by atoms with Gasteiger partial charge in [-0.2, -0.15) is 0 Å². The molecule has 1 fully saturated rings. The van der Waals surface area contributed by atoms with Crippen LogP contribution in [-0.2, 0) is 16.1 Å². The summed E-state index contributed by atoms with van der Waals surface area (Å²) < 4.78 is 7.40. The number of nitrogens with one attached hydrogen (secondary N) is 1. The lowest BCUT2D eigenvalue weighted by atomic mass is 10.0. The number of carbonyl (C=O) groups is 3. The lowest BCUT2D eigenvalue weighted by Crippen LogP contribution is -2.53. The number of hydrogen-bond acceptors (Lipinski definition) is 4. The molecule has 0 aliphatic carbocycles. The Hall–Kier alpha value is -5.14. The number of aromatic nitrogens is 1. The van der Waals surface area contributed by atoms with Crippen LogP contribution in [-0.4, -0.2) is 27.3 Å². The molecule has 3 heterocycles. The molecule has 1 aliphatic rings. The lowest BCUT2D eigenvalue weighted by molar-refractivity contribution is -0.130. The van der Waals surface area contributed by atoms with Crippen LogP contribution in [0, 0.1) is 0 Å². The molecule has 4 amide bonds. The number of benzene rings is 3. The monoisotopic (exact) mass is 547 g/mol. The SMILES string of the molecule is O=C1NC(=O)N(Cc2ccco2)C(=O)/C1=C\c1cc(-c2ccccc2)n(-c2ccc(Cl)cc2)c1-c1ccccc1. The van der Waals surface area contributed by atoms with Gasteiger partial charge < -0.3 is 8.98 Å². The van der Waals surface area contributed by atoms with Crippen molar-refractivity contribution >= 4 is 35.5 Å². The van der Waals surface area contributed by atoms with Crippen LogP contribution in [0.3, 0.4) is 0 Å². The molecule has 8 heteroatoms. The van der Waals surface area contributed by atoms with E-state index in [1.165, 1.54) is 6.26 Å². The molecule has 0 saturated carbocycles. The number of nitrogens with zero attached hydrogens (tertiary/aromatic N) is 2. The third-order valence-electron chi connectivity index (χ3n) is 6.61. The zero-order valence-electron chi connectivity index (χ0n) is 21.1. The molecule has 0 unspecified atom stereocenters. The van der Waals surface area contributed by atoms with Gasteiger partial charge in [0.15, 0.2) is 0 Å². The molecule has 1 N–H and O–H groups in total. The summed E-state index contributed by atoms with van der Waals surface area (Å²) in [7, 11) is 0. The van der Waals surface area contributed by atoms with E-state index < -0.39 is 17.8 Å². The molecular weight excluding hydrogens is 526 g/mol. The van der Waals surface area contributed by atoms with Gasteiger partial charge in [0.1, 0.15) is 11.3 Å². The van der Waals surface area contributed by atoms with Crippen molar-refractivity contribution in [1.82, 2.24) is 14.8 Å². The molecule has 0 spiro atoms. The van der Waals surface area contributed by atoms with E-state index in [-0.39, 0.29) is 12.1 Å². The number of imide groups is 2. The number of carbonyl (C=O) groups excluding carboxylic acids is 3. The Bertz CT molecular complexity index is 1740. The summed E-state index contributed by atoms with van der Waals surface area (Å²) in [5.74, 6) is -1.04. The topological polar surface area (TPSA) is 84.6 Å². The fraction of sp³-hybridized carbons (Fsp3) is 0.0312. The Morgan fingerprint density at radius 2 is 1.48 bits per heavy atom. The van der Waals surface area contributed by atoms with Gasteiger partial charge in [-0.1, -0.05) is 72.3 Å². The fourth-order valence-corrected chi connectivity index (χ4v) is 4.89. The van der Waals surface area contributed by atoms with Gasteiger partial charge in [0.2, 0.25) is 0 Å². The maximum Gasteiger partial charge on any atom is 0.331 e. The van der Waals surface area contributed by atoms with Crippen molar-refractivity contribution < 1.29 is 18.8 Å². The first-order valence-corrected chi connectivity index (χ1v) is 12.9. The molecule has 1 aliphatic heterocycles. The van der Waals surface area contributed by atoms with Crippen LogP contribution < -0.4 is 5.32 Å². The van der Waals surface area contributed by atoms with Gasteiger partial charge in [-0.15, -0.1) is 0 Å². The minimum Gasteiger partial charge on any atom is -0.467 e. The molecular formula is C32H22ClN3O4. The second kappa shape index (κ2) is 10.6. The third-order valence-corrected chi connectivity index (χ3v) is 6.86. The minimum absolute atomic E-state index is 0.102. The summed E-state index contributed by atoms with van der Waals surface area (Å²) in [5, 5.41) is 2.89. The molecule has 0 radical (unpaired) electrons. The smallest absolute Gasteiger partial charge is 0.331 e. The quantitative estimate of drug-likeness (QED) is 0.189. The Balaban J connectivity index is 1.57. The van der Waals surface area contributed by atoms with E-state index in [0.29, 0.717) is 16.3 Å². The average Bonchev–Trinajstić information content (AvgIpc) is 3.63.